The molecule has 0 spiro atoms. The summed E-state index contributed by atoms with van der Waals surface area (Å²) in [4.78, 5) is 93.2. The minimum Gasteiger partial charge on any atom is -0.480 e. The lowest BCUT2D eigenvalue weighted by atomic mass is 10.0. The normalized spacial score (nSPS) is 13.4. The minimum absolute atomic E-state index is 0.00455. The number of hydrogen-bond acceptors (Lipinski definition) is 10. The number of aromatic nitrogens is 1. The van der Waals surface area contributed by atoms with E-state index in [9.17, 15) is 33.9 Å². The molecular weight excluding hydrogens is 744 g/mol. The Morgan fingerprint density at radius 2 is 1.07 bits per heavy atom. The Balaban J connectivity index is 2.38. The van der Waals surface area contributed by atoms with Crippen LogP contribution in [0.2, 0.25) is 0 Å². The summed E-state index contributed by atoms with van der Waals surface area (Å²) in [6.45, 7) is 0.437. The van der Waals surface area contributed by atoms with Gasteiger partial charge in [0.05, 0.1) is 6.04 Å². The fraction of sp³-hybridized carbons (Fsp3) is 0.500. The molecule has 0 saturated carbocycles. The van der Waals surface area contributed by atoms with Crippen molar-refractivity contribution in [1.82, 2.24) is 26.3 Å². The number of hydrogen-bond donors (Lipinski definition) is 14. The van der Waals surface area contributed by atoms with Gasteiger partial charge in [0, 0.05) is 49.6 Å². The maximum atomic E-state index is 14.0. The van der Waals surface area contributed by atoms with Gasteiger partial charge in [-0.25, -0.2) is 4.79 Å². The number of benzene rings is 1. The zero-order valence-corrected chi connectivity index (χ0v) is 31.6. The van der Waals surface area contributed by atoms with Gasteiger partial charge in [0.25, 0.3) is 0 Å². The van der Waals surface area contributed by atoms with Crippen LogP contribution in [-0.4, -0.2) is 113 Å². The van der Waals surface area contributed by atoms with Crippen LogP contribution in [0.4, 0.5) is 0 Å². The first-order valence-electron chi connectivity index (χ1n) is 18.2. The molecule has 5 atom stereocenters. The Labute approximate surface area is 328 Å². The Bertz CT molecular complexity index is 1770. The van der Waals surface area contributed by atoms with E-state index in [1.54, 1.807) is 24.4 Å². The van der Waals surface area contributed by atoms with Gasteiger partial charge in [-0.3, -0.25) is 38.9 Å². The molecule has 1 aromatic heterocycles. The highest BCUT2D eigenvalue weighted by Gasteiger charge is 2.32. The summed E-state index contributed by atoms with van der Waals surface area (Å²) in [5, 5.41) is 20.8. The third-order valence-corrected chi connectivity index (χ3v) is 8.49. The number of nitrogens with two attached hydrogens (primary N) is 8. The zero-order valence-electron chi connectivity index (χ0n) is 31.6. The van der Waals surface area contributed by atoms with E-state index in [1.165, 1.54) is 0 Å². The monoisotopic (exact) mass is 800 g/mol. The average molecular weight is 801 g/mol. The molecule has 5 amide bonds. The molecule has 0 radical (unpaired) electrons. The molecule has 23 nitrogen and oxygen atoms in total. The Hall–Kier alpha value is -6.65. The lowest BCUT2D eigenvalue weighted by Crippen LogP contribution is -2.59. The van der Waals surface area contributed by atoms with Gasteiger partial charge < -0.3 is 77.2 Å². The SMILES string of the molecule is NC(=O)CC[C@H](NC(=O)[C@H](CCCN=C(N)N)NC(=O)[C@@H](N)CCCN=C(N)N)C(=O)N[C@@H](Cc1c[nH]c2ccccc12)C(=O)N[C@@H](CCCN=C(N)N)C(=O)O. The Kier molecular flexibility index (Phi) is 19.6. The number of aliphatic carboxylic acids is 1. The highest BCUT2D eigenvalue weighted by atomic mass is 16.4. The molecule has 0 bridgehead atoms. The maximum Gasteiger partial charge on any atom is 0.326 e. The van der Waals surface area contributed by atoms with Crippen molar-refractivity contribution in [2.45, 2.75) is 88.0 Å². The topological polar surface area (TPSA) is 432 Å². The Morgan fingerprint density at radius 3 is 1.61 bits per heavy atom. The van der Waals surface area contributed by atoms with E-state index in [0.29, 0.717) is 12.0 Å². The van der Waals surface area contributed by atoms with Gasteiger partial charge in [0.1, 0.15) is 24.2 Å². The van der Waals surface area contributed by atoms with Crippen LogP contribution in [0.5, 0.6) is 0 Å². The number of aromatic amines is 1. The van der Waals surface area contributed by atoms with Crippen LogP contribution >= 0.6 is 0 Å². The van der Waals surface area contributed by atoms with Crippen molar-refractivity contribution in [3.8, 4) is 0 Å². The number of carboxylic acid groups (broad SMARTS) is 1. The molecule has 314 valence electrons. The van der Waals surface area contributed by atoms with Crippen molar-refractivity contribution in [1.29, 1.82) is 0 Å². The van der Waals surface area contributed by atoms with Gasteiger partial charge in [0.2, 0.25) is 29.5 Å². The van der Waals surface area contributed by atoms with E-state index in [4.69, 9.17) is 45.9 Å². The fourth-order valence-electron chi connectivity index (χ4n) is 5.56. The number of amides is 5. The summed E-state index contributed by atoms with van der Waals surface area (Å²) in [7, 11) is 0. The van der Waals surface area contributed by atoms with E-state index in [1.807, 2.05) is 6.07 Å². The van der Waals surface area contributed by atoms with Crippen molar-refractivity contribution >= 4 is 64.3 Å². The number of aliphatic imine (C=N–C) groups is 3. The molecule has 2 rings (SSSR count). The molecule has 23 heteroatoms. The molecule has 0 saturated heterocycles. The van der Waals surface area contributed by atoms with Gasteiger partial charge in [-0.15, -0.1) is 0 Å². The number of primary amides is 1. The van der Waals surface area contributed by atoms with Gasteiger partial charge in [-0.05, 0) is 56.6 Å². The van der Waals surface area contributed by atoms with Gasteiger partial charge in [0.15, 0.2) is 17.9 Å². The maximum absolute atomic E-state index is 14.0. The number of H-pyrrole nitrogens is 1. The standard InChI is InChI=1S/C34H56N16O7/c35-20(7-3-13-43-32(37)38)27(52)47-22(9-4-14-44-33(39)40)28(53)48-23(11-12-26(36)51)29(54)50-25(16-18-17-46-21-8-2-1-6-19(18)21)30(55)49-24(31(56)57)10-5-15-45-34(41)42/h1-2,6,8,17,20,22-25,46H,3-5,7,9-16,35H2,(H2,36,51)(H,47,52)(H,48,53)(H,49,55)(H,50,54)(H,56,57)(H4,37,38,43)(H4,39,40,44)(H4,41,42,45)/t20-,22-,23-,24-,25-/m0/s1. The minimum atomic E-state index is -1.46. The number of rotatable bonds is 26. The van der Waals surface area contributed by atoms with Crippen LogP contribution in [-0.2, 0) is 35.2 Å². The van der Waals surface area contributed by atoms with E-state index in [2.05, 4.69) is 41.2 Å². The highest BCUT2D eigenvalue weighted by Crippen LogP contribution is 2.19. The molecule has 0 aliphatic heterocycles. The first-order chi connectivity index (χ1) is 27.0. The van der Waals surface area contributed by atoms with Gasteiger partial charge in [-0.1, -0.05) is 18.2 Å². The summed E-state index contributed by atoms with van der Waals surface area (Å²) in [6, 6.07) is 0.692. The van der Waals surface area contributed by atoms with E-state index >= 15 is 0 Å². The number of carbonyl (C=O) groups is 6. The van der Waals surface area contributed by atoms with Crippen molar-refractivity contribution in [2.24, 2.45) is 60.8 Å². The Morgan fingerprint density at radius 1 is 0.614 bits per heavy atom. The van der Waals surface area contributed by atoms with Crippen LogP contribution in [0.3, 0.4) is 0 Å². The molecular formula is C34H56N16O7. The van der Waals surface area contributed by atoms with E-state index in [0.717, 1.165) is 10.9 Å². The van der Waals surface area contributed by atoms with Crippen molar-refractivity contribution in [2.75, 3.05) is 19.6 Å². The number of para-hydroxylation sites is 1. The first kappa shape index (κ1) is 46.5. The number of nitrogens with zero attached hydrogens (tertiary/aromatic N) is 3. The molecule has 0 unspecified atom stereocenters. The summed E-state index contributed by atoms with van der Waals surface area (Å²) in [5.41, 5.74) is 45.0. The summed E-state index contributed by atoms with van der Waals surface area (Å²) in [6.07, 6.45) is 1.82. The largest absolute Gasteiger partial charge is 0.480 e. The van der Waals surface area contributed by atoms with Crippen LogP contribution in [0.1, 0.15) is 56.9 Å². The number of carbonyl (C=O) groups excluding carboxylic acids is 5. The zero-order chi connectivity index (χ0) is 42.5. The van der Waals surface area contributed by atoms with Crippen LogP contribution in [0.25, 0.3) is 10.9 Å². The first-order valence-corrected chi connectivity index (χ1v) is 18.2. The number of fused-ring (bicyclic) bond motifs is 1. The molecule has 1 heterocycles. The second kappa shape index (κ2) is 24.0. The molecule has 1 aromatic carbocycles. The van der Waals surface area contributed by atoms with Crippen LogP contribution in [0, 0.1) is 0 Å². The fourth-order valence-corrected chi connectivity index (χ4v) is 5.56. The van der Waals surface area contributed by atoms with E-state index < -0.39 is 65.7 Å². The molecule has 22 N–H and O–H groups in total. The van der Waals surface area contributed by atoms with Crippen LogP contribution < -0.4 is 67.1 Å². The second-order valence-corrected chi connectivity index (χ2v) is 13.1. The average Bonchev–Trinajstić information content (AvgIpc) is 3.55. The third kappa shape index (κ3) is 17.6. The predicted octanol–water partition coefficient (Wildman–Crippen LogP) is -4.51. The van der Waals surface area contributed by atoms with Crippen molar-refractivity contribution in [3.05, 3.63) is 36.0 Å². The summed E-state index contributed by atoms with van der Waals surface area (Å²) >= 11 is 0. The molecule has 57 heavy (non-hydrogen) atoms. The second-order valence-electron chi connectivity index (χ2n) is 13.1. The highest BCUT2D eigenvalue weighted by molar-refractivity contribution is 5.96. The lowest BCUT2D eigenvalue weighted by Gasteiger charge is -2.26. The predicted molar refractivity (Wildman–Crippen MR) is 213 cm³/mol. The molecule has 0 aliphatic rings. The molecule has 2 aromatic rings. The van der Waals surface area contributed by atoms with Crippen molar-refractivity contribution < 1.29 is 33.9 Å². The smallest absolute Gasteiger partial charge is 0.326 e. The summed E-state index contributed by atoms with van der Waals surface area (Å²) in [5.74, 6) is -5.84. The van der Waals surface area contributed by atoms with Crippen molar-refractivity contribution in [3.63, 3.8) is 0 Å². The third-order valence-electron chi connectivity index (χ3n) is 8.49. The van der Waals surface area contributed by atoms with E-state index in [-0.39, 0.29) is 88.9 Å². The quantitative estimate of drug-likeness (QED) is 0.0242. The van der Waals surface area contributed by atoms with Crippen LogP contribution in [0.15, 0.2) is 45.4 Å². The summed E-state index contributed by atoms with van der Waals surface area (Å²) < 4.78 is 0. The number of nitrogens with one attached hydrogen (secondary N) is 5. The lowest BCUT2D eigenvalue weighted by molar-refractivity contribution is -0.142. The molecule has 0 fully saturated rings. The molecule has 0 aliphatic carbocycles. The number of guanidine groups is 3. The van der Waals surface area contributed by atoms with Gasteiger partial charge in [-0.2, -0.15) is 0 Å². The van der Waals surface area contributed by atoms with Gasteiger partial charge >= 0.3 is 5.97 Å². The number of carboxylic acids is 1.